The molecule has 0 atom stereocenters. The maximum absolute atomic E-state index is 13.3. The lowest BCUT2D eigenvalue weighted by Gasteiger charge is -2.10. The van der Waals surface area contributed by atoms with Crippen LogP contribution in [0.4, 0.5) is 17.6 Å². The third-order valence-electron chi connectivity index (χ3n) is 2.80. The Hall–Kier alpha value is -2.11. The number of aldehydes is 1. The van der Waals surface area contributed by atoms with E-state index in [1.807, 2.05) is 0 Å². The first-order valence-electron chi connectivity index (χ1n) is 5.32. The minimum atomic E-state index is -4.62. The summed E-state index contributed by atoms with van der Waals surface area (Å²) >= 11 is 0. The van der Waals surface area contributed by atoms with Crippen LogP contribution >= 0.6 is 0 Å². The first-order valence-corrected chi connectivity index (χ1v) is 5.32. The van der Waals surface area contributed by atoms with Crippen LogP contribution in [0, 0.1) is 5.82 Å². The van der Waals surface area contributed by atoms with Crippen LogP contribution in [0.2, 0.25) is 0 Å². The molecule has 2 nitrogen and oxygen atoms in total. The van der Waals surface area contributed by atoms with Crippen LogP contribution < -0.4 is 0 Å². The van der Waals surface area contributed by atoms with E-state index in [9.17, 15) is 22.4 Å². The standard InChI is InChI=1S/C13H9F4NO/c1-18-11(7-19)2-3-12(18)8-4-9(13(15,16)17)6-10(14)5-8/h2-7H,1H3. The molecule has 1 aromatic heterocycles. The minimum absolute atomic E-state index is 0.0722. The zero-order chi connectivity index (χ0) is 14.2. The fourth-order valence-electron chi connectivity index (χ4n) is 1.84. The van der Waals surface area contributed by atoms with E-state index in [0.717, 1.165) is 12.1 Å². The number of nitrogens with zero attached hydrogens (tertiary/aromatic N) is 1. The molecule has 0 N–H and O–H groups in total. The Morgan fingerprint density at radius 3 is 2.37 bits per heavy atom. The van der Waals surface area contributed by atoms with Gasteiger partial charge in [-0.2, -0.15) is 13.2 Å². The smallest absolute Gasteiger partial charge is 0.341 e. The SMILES string of the molecule is Cn1c(C=O)ccc1-c1cc(F)cc(C(F)(F)F)c1. The Morgan fingerprint density at radius 1 is 1.16 bits per heavy atom. The molecule has 0 saturated heterocycles. The highest BCUT2D eigenvalue weighted by Gasteiger charge is 2.31. The Bertz CT molecular complexity index is 628. The van der Waals surface area contributed by atoms with Crippen LogP contribution in [-0.4, -0.2) is 10.9 Å². The van der Waals surface area contributed by atoms with Gasteiger partial charge in [-0.25, -0.2) is 4.39 Å². The molecule has 2 rings (SSSR count). The van der Waals surface area contributed by atoms with Crippen LogP contribution in [0.15, 0.2) is 30.3 Å². The van der Waals surface area contributed by atoms with Crippen molar-refractivity contribution in [2.75, 3.05) is 0 Å². The zero-order valence-corrected chi connectivity index (χ0v) is 9.83. The van der Waals surface area contributed by atoms with Crippen molar-refractivity contribution in [3.8, 4) is 11.3 Å². The molecule has 0 fully saturated rings. The summed E-state index contributed by atoms with van der Waals surface area (Å²) in [7, 11) is 1.53. The molecule has 0 radical (unpaired) electrons. The number of hydrogen-bond acceptors (Lipinski definition) is 1. The van der Waals surface area contributed by atoms with E-state index in [2.05, 4.69) is 0 Å². The molecule has 0 aliphatic rings. The number of carbonyl (C=O) groups excluding carboxylic acids is 1. The van der Waals surface area contributed by atoms with E-state index >= 15 is 0 Å². The molecule has 0 aliphatic heterocycles. The van der Waals surface area contributed by atoms with Gasteiger partial charge in [0, 0.05) is 18.3 Å². The lowest BCUT2D eigenvalue weighted by Crippen LogP contribution is -2.06. The Balaban J connectivity index is 2.59. The average molecular weight is 271 g/mol. The van der Waals surface area contributed by atoms with E-state index in [0.29, 0.717) is 23.7 Å². The normalized spacial score (nSPS) is 11.6. The first kappa shape index (κ1) is 13.3. The number of carbonyl (C=O) groups is 1. The summed E-state index contributed by atoms with van der Waals surface area (Å²) in [6.45, 7) is 0. The van der Waals surface area contributed by atoms with Gasteiger partial charge in [0.25, 0.3) is 0 Å². The van der Waals surface area contributed by atoms with Gasteiger partial charge in [-0.1, -0.05) is 0 Å². The summed E-state index contributed by atoms with van der Waals surface area (Å²) in [5.74, 6) is -0.973. The zero-order valence-electron chi connectivity index (χ0n) is 9.83. The highest BCUT2D eigenvalue weighted by molar-refractivity contribution is 5.76. The lowest BCUT2D eigenvalue weighted by atomic mass is 10.1. The predicted molar refractivity (Wildman–Crippen MR) is 61.2 cm³/mol. The molecule has 0 unspecified atom stereocenters. The number of rotatable bonds is 2. The molecular weight excluding hydrogens is 262 g/mol. The highest BCUT2D eigenvalue weighted by Crippen LogP contribution is 2.33. The molecule has 0 bridgehead atoms. The number of hydrogen-bond donors (Lipinski definition) is 0. The Labute approximate surface area is 106 Å². The quantitative estimate of drug-likeness (QED) is 0.603. The second-order valence-corrected chi connectivity index (χ2v) is 4.05. The molecule has 1 heterocycles. The van der Waals surface area contributed by atoms with Crippen molar-refractivity contribution >= 4 is 6.29 Å². The van der Waals surface area contributed by atoms with E-state index in [1.165, 1.54) is 23.7 Å². The average Bonchev–Trinajstić information content (AvgIpc) is 2.68. The highest BCUT2D eigenvalue weighted by atomic mass is 19.4. The predicted octanol–water partition coefficient (Wildman–Crippen LogP) is 3.66. The van der Waals surface area contributed by atoms with Crippen molar-refractivity contribution < 1.29 is 22.4 Å². The summed E-state index contributed by atoms with van der Waals surface area (Å²) in [6.07, 6.45) is -4.04. The second kappa shape index (κ2) is 4.53. The Kier molecular flexibility index (Phi) is 3.18. The van der Waals surface area contributed by atoms with Gasteiger partial charge in [-0.3, -0.25) is 4.79 Å². The van der Waals surface area contributed by atoms with Gasteiger partial charge in [-0.05, 0) is 30.3 Å². The molecule has 100 valence electrons. The minimum Gasteiger partial charge on any atom is -0.341 e. The van der Waals surface area contributed by atoms with Gasteiger partial charge < -0.3 is 4.57 Å². The van der Waals surface area contributed by atoms with E-state index in [-0.39, 0.29) is 5.56 Å². The molecule has 0 saturated carbocycles. The van der Waals surface area contributed by atoms with Crippen molar-refractivity contribution in [1.82, 2.24) is 4.57 Å². The van der Waals surface area contributed by atoms with Crippen LogP contribution in [0.5, 0.6) is 0 Å². The van der Waals surface area contributed by atoms with Crippen LogP contribution in [-0.2, 0) is 13.2 Å². The fraction of sp³-hybridized carbons (Fsp3) is 0.154. The number of alkyl halides is 3. The third kappa shape index (κ3) is 2.52. The van der Waals surface area contributed by atoms with Gasteiger partial charge in [-0.15, -0.1) is 0 Å². The van der Waals surface area contributed by atoms with Crippen molar-refractivity contribution in [2.24, 2.45) is 7.05 Å². The third-order valence-corrected chi connectivity index (χ3v) is 2.80. The van der Waals surface area contributed by atoms with E-state index < -0.39 is 17.6 Å². The van der Waals surface area contributed by atoms with Crippen molar-refractivity contribution in [3.05, 3.63) is 47.4 Å². The molecule has 19 heavy (non-hydrogen) atoms. The van der Waals surface area contributed by atoms with Crippen LogP contribution in [0.25, 0.3) is 11.3 Å². The van der Waals surface area contributed by atoms with Crippen molar-refractivity contribution in [1.29, 1.82) is 0 Å². The molecule has 6 heteroatoms. The second-order valence-electron chi connectivity index (χ2n) is 4.05. The fourth-order valence-corrected chi connectivity index (χ4v) is 1.84. The number of halogens is 4. The van der Waals surface area contributed by atoms with Crippen molar-refractivity contribution in [3.63, 3.8) is 0 Å². The van der Waals surface area contributed by atoms with E-state index in [4.69, 9.17) is 0 Å². The van der Waals surface area contributed by atoms with Gasteiger partial charge in [0.1, 0.15) is 5.82 Å². The maximum Gasteiger partial charge on any atom is 0.416 e. The lowest BCUT2D eigenvalue weighted by molar-refractivity contribution is -0.137. The van der Waals surface area contributed by atoms with Gasteiger partial charge in [0.2, 0.25) is 0 Å². The first-order chi connectivity index (χ1) is 8.82. The summed E-state index contributed by atoms with van der Waals surface area (Å²) in [5.41, 5.74) is -0.348. The molecule has 0 aliphatic carbocycles. The largest absolute Gasteiger partial charge is 0.416 e. The number of aromatic nitrogens is 1. The Morgan fingerprint density at radius 2 is 1.84 bits per heavy atom. The van der Waals surface area contributed by atoms with E-state index in [1.54, 1.807) is 0 Å². The van der Waals surface area contributed by atoms with Crippen molar-refractivity contribution in [2.45, 2.75) is 6.18 Å². The summed E-state index contributed by atoms with van der Waals surface area (Å²) in [4.78, 5) is 10.7. The molecular formula is C13H9F4NO. The van der Waals surface area contributed by atoms with Gasteiger partial charge in [0.15, 0.2) is 6.29 Å². The molecule has 2 aromatic rings. The van der Waals surface area contributed by atoms with Gasteiger partial charge in [0.05, 0.1) is 11.3 Å². The monoisotopic (exact) mass is 271 g/mol. The van der Waals surface area contributed by atoms with Crippen LogP contribution in [0.3, 0.4) is 0 Å². The molecule has 0 spiro atoms. The molecule has 1 aromatic carbocycles. The van der Waals surface area contributed by atoms with Crippen LogP contribution in [0.1, 0.15) is 16.1 Å². The topological polar surface area (TPSA) is 22.0 Å². The summed E-state index contributed by atoms with van der Waals surface area (Å²) in [6, 6.07) is 5.22. The maximum atomic E-state index is 13.3. The molecule has 0 amide bonds. The van der Waals surface area contributed by atoms with Gasteiger partial charge >= 0.3 is 6.18 Å². The number of benzene rings is 1. The summed E-state index contributed by atoms with van der Waals surface area (Å²) < 4.78 is 52.5. The summed E-state index contributed by atoms with van der Waals surface area (Å²) in [5, 5.41) is 0.